The van der Waals surface area contributed by atoms with Crippen molar-refractivity contribution in [1.29, 1.82) is 0 Å². The van der Waals surface area contributed by atoms with Crippen LogP contribution in [0.5, 0.6) is 0 Å². The summed E-state index contributed by atoms with van der Waals surface area (Å²) in [7, 11) is 0. The molecule has 4 aliphatic carbocycles. The second kappa shape index (κ2) is 3.67. The minimum atomic E-state index is 0.552. The summed E-state index contributed by atoms with van der Waals surface area (Å²) in [5, 5.41) is 0. The largest absolute Gasteiger partial charge is 0.0622 e. The lowest BCUT2D eigenvalue weighted by Gasteiger charge is -2.19. The van der Waals surface area contributed by atoms with Crippen LogP contribution in [0.1, 0.15) is 42.4 Å². The molecular weight excluding hydrogens is 264 g/mol. The molecule has 5 atom stereocenters. The monoisotopic (exact) mass is 286 g/mol. The zero-order valence-corrected chi connectivity index (χ0v) is 13.0. The van der Waals surface area contributed by atoms with Crippen molar-refractivity contribution in [1.82, 2.24) is 0 Å². The molecule has 0 nitrogen and oxygen atoms in total. The molecule has 0 heteroatoms. The van der Waals surface area contributed by atoms with Gasteiger partial charge in [0.1, 0.15) is 0 Å². The average Bonchev–Trinajstić information content (AvgIpc) is 3.43. The van der Waals surface area contributed by atoms with Gasteiger partial charge in [-0.05, 0) is 66.5 Å². The Morgan fingerprint density at radius 1 is 0.818 bits per heavy atom. The summed E-state index contributed by atoms with van der Waals surface area (Å²) in [5.74, 6) is 2.87. The van der Waals surface area contributed by atoms with Crippen LogP contribution in [0.25, 0.3) is 0 Å². The Morgan fingerprint density at radius 3 is 2.50 bits per heavy atom. The number of hydrogen-bond donors (Lipinski definition) is 0. The van der Waals surface area contributed by atoms with Crippen LogP contribution in [0.15, 0.2) is 54.6 Å². The highest BCUT2D eigenvalue weighted by atomic mass is 14.9. The minimum Gasteiger partial charge on any atom is -0.0622 e. The molecule has 1 spiro atoms. The molecule has 3 saturated carbocycles. The van der Waals surface area contributed by atoms with Gasteiger partial charge in [0.05, 0.1) is 0 Å². The molecule has 2 aromatic rings. The van der Waals surface area contributed by atoms with Gasteiger partial charge in [-0.25, -0.2) is 0 Å². The van der Waals surface area contributed by atoms with E-state index in [2.05, 4.69) is 54.6 Å². The maximum atomic E-state index is 2.47. The first kappa shape index (κ1) is 11.9. The normalized spacial score (nSPS) is 43.4. The van der Waals surface area contributed by atoms with Gasteiger partial charge in [0, 0.05) is 10.8 Å². The van der Waals surface area contributed by atoms with Crippen LogP contribution >= 0.6 is 0 Å². The van der Waals surface area contributed by atoms with Crippen LogP contribution in [0.2, 0.25) is 0 Å². The van der Waals surface area contributed by atoms with Gasteiger partial charge in [0.25, 0.3) is 0 Å². The van der Waals surface area contributed by atoms with E-state index in [1.807, 2.05) is 0 Å². The van der Waals surface area contributed by atoms with Crippen molar-refractivity contribution in [3.05, 3.63) is 71.3 Å². The SMILES string of the molecule is c1ccc([C@]23C[C@H]2C[C@]24c5ccccc5CCC[C@H]2[C@H]34)cc1. The van der Waals surface area contributed by atoms with Crippen molar-refractivity contribution in [3.8, 4) is 0 Å². The molecule has 0 aliphatic heterocycles. The van der Waals surface area contributed by atoms with Crippen LogP contribution in [-0.2, 0) is 17.3 Å². The summed E-state index contributed by atoms with van der Waals surface area (Å²) >= 11 is 0. The van der Waals surface area contributed by atoms with Crippen molar-refractivity contribution in [3.63, 3.8) is 0 Å². The van der Waals surface area contributed by atoms with Crippen LogP contribution in [0.4, 0.5) is 0 Å². The Kier molecular flexibility index (Phi) is 1.99. The first-order chi connectivity index (χ1) is 10.9. The fourth-order valence-electron chi connectivity index (χ4n) is 6.90. The van der Waals surface area contributed by atoms with E-state index in [0.29, 0.717) is 10.8 Å². The quantitative estimate of drug-likeness (QED) is 0.701. The average molecular weight is 286 g/mol. The van der Waals surface area contributed by atoms with Crippen molar-refractivity contribution in [2.24, 2.45) is 17.8 Å². The molecule has 22 heavy (non-hydrogen) atoms. The van der Waals surface area contributed by atoms with Crippen LogP contribution in [-0.4, -0.2) is 0 Å². The zero-order valence-electron chi connectivity index (χ0n) is 13.0. The molecule has 3 fully saturated rings. The second-order valence-electron chi connectivity index (χ2n) is 8.19. The van der Waals surface area contributed by atoms with Gasteiger partial charge in [-0.15, -0.1) is 0 Å². The third kappa shape index (κ3) is 1.16. The van der Waals surface area contributed by atoms with E-state index in [9.17, 15) is 0 Å². The number of benzene rings is 2. The fraction of sp³-hybridized carbons (Fsp3) is 0.455. The Bertz CT molecular complexity index is 761. The van der Waals surface area contributed by atoms with Gasteiger partial charge in [0.2, 0.25) is 0 Å². The third-order valence-corrected chi connectivity index (χ3v) is 7.59. The first-order valence-corrected chi connectivity index (χ1v) is 9.01. The predicted molar refractivity (Wildman–Crippen MR) is 88.9 cm³/mol. The van der Waals surface area contributed by atoms with Crippen molar-refractivity contribution in [2.45, 2.75) is 42.9 Å². The zero-order chi connectivity index (χ0) is 14.4. The summed E-state index contributed by atoms with van der Waals surface area (Å²) in [6, 6.07) is 20.9. The maximum Gasteiger partial charge on any atom is 0.00300 e. The Balaban J connectivity index is 1.52. The van der Waals surface area contributed by atoms with Gasteiger partial charge >= 0.3 is 0 Å². The Labute approximate surface area is 132 Å². The Hall–Kier alpha value is -1.56. The van der Waals surface area contributed by atoms with Crippen LogP contribution < -0.4 is 0 Å². The summed E-state index contributed by atoms with van der Waals surface area (Å²) in [5.41, 5.74) is 6.16. The molecule has 0 unspecified atom stereocenters. The van der Waals surface area contributed by atoms with Crippen LogP contribution in [0, 0.1) is 17.8 Å². The van der Waals surface area contributed by atoms with E-state index < -0.39 is 0 Å². The van der Waals surface area contributed by atoms with Crippen molar-refractivity contribution >= 4 is 0 Å². The standard InChI is InChI=1S/C22H22/c1-2-9-16(10-3-1)21-13-17(21)14-22-18-11-5-4-7-15(18)8-6-12-19(22)20(21)22/h1-5,7,9-11,17,19-20H,6,8,12-14H2/t17-,19-,20+,21+,22-/m0/s1. The Morgan fingerprint density at radius 2 is 1.59 bits per heavy atom. The highest BCUT2D eigenvalue weighted by molar-refractivity contribution is 5.55. The first-order valence-electron chi connectivity index (χ1n) is 9.01. The predicted octanol–water partition coefficient (Wildman–Crippen LogP) is 4.87. The van der Waals surface area contributed by atoms with Crippen LogP contribution in [0.3, 0.4) is 0 Å². The number of aryl methyl sites for hydroxylation is 1. The minimum absolute atomic E-state index is 0.552. The van der Waals surface area contributed by atoms with E-state index in [4.69, 9.17) is 0 Å². The smallest absolute Gasteiger partial charge is 0.00300 e. The molecule has 0 radical (unpaired) electrons. The molecule has 0 bridgehead atoms. The lowest BCUT2D eigenvalue weighted by molar-refractivity contribution is 0.478. The van der Waals surface area contributed by atoms with E-state index >= 15 is 0 Å². The number of rotatable bonds is 1. The van der Waals surface area contributed by atoms with Crippen molar-refractivity contribution < 1.29 is 0 Å². The van der Waals surface area contributed by atoms with E-state index in [0.717, 1.165) is 17.8 Å². The number of fused-ring (bicyclic) bond motifs is 4. The molecule has 0 aromatic heterocycles. The lowest BCUT2D eigenvalue weighted by Crippen LogP contribution is -2.14. The van der Waals surface area contributed by atoms with Gasteiger partial charge < -0.3 is 0 Å². The molecule has 0 N–H and O–H groups in total. The second-order valence-corrected chi connectivity index (χ2v) is 8.19. The summed E-state index contributed by atoms with van der Waals surface area (Å²) in [6.45, 7) is 0. The van der Waals surface area contributed by atoms with Gasteiger partial charge in [-0.3, -0.25) is 0 Å². The van der Waals surface area contributed by atoms with Crippen molar-refractivity contribution in [2.75, 3.05) is 0 Å². The summed E-state index contributed by atoms with van der Waals surface area (Å²) in [4.78, 5) is 0. The molecule has 0 amide bonds. The maximum absolute atomic E-state index is 2.47. The van der Waals surface area contributed by atoms with E-state index in [-0.39, 0.29) is 0 Å². The molecule has 4 aliphatic rings. The van der Waals surface area contributed by atoms with E-state index in [1.54, 1.807) is 16.7 Å². The molecule has 0 saturated heterocycles. The fourth-order valence-corrected chi connectivity index (χ4v) is 6.90. The molecule has 110 valence electrons. The summed E-state index contributed by atoms with van der Waals surface area (Å²) < 4.78 is 0. The summed E-state index contributed by atoms with van der Waals surface area (Å²) in [6.07, 6.45) is 7.09. The molecular formula is C22H22. The highest BCUT2D eigenvalue weighted by Crippen LogP contribution is 2.87. The molecule has 0 heterocycles. The molecule has 6 rings (SSSR count). The van der Waals surface area contributed by atoms with Gasteiger partial charge in [0.15, 0.2) is 0 Å². The lowest BCUT2D eigenvalue weighted by atomic mass is 9.84. The topological polar surface area (TPSA) is 0 Å². The van der Waals surface area contributed by atoms with Gasteiger partial charge in [-0.1, -0.05) is 54.6 Å². The molecule has 2 aromatic carbocycles. The third-order valence-electron chi connectivity index (χ3n) is 7.59. The van der Waals surface area contributed by atoms with Gasteiger partial charge in [-0.2, -0.15) is 0 Å². The highest BCUT2D eigenvalue weighted by Gasteiger charge is 2.84. The number of hydrogen-bond acceptors (Lipinski definition) is 0. The van der Waals surface area contributed by atoms with E-state index in [1.165, 1.54) is 32.1 Å².